The lowest BCUT2D eigenvalue weighted by Gasteiger charge is -2.27. The van der Waals surface area contributed by atoms with Crippen molar-refractivity contribution in [3.63, 3.8) is 0 Å². The largest absolute Gasteiger partial charge is 0.341 e. The third kappa shape index (κ3) is 4.56. The maximum Gasteiger partial charge on any atom is 0.242 e. The van der Waals surface area contributed by atoms with E-state index >= 15 is 0 Å². The zero-order chi connectivity index (χ0) is 17.9. The zero-order valence-corrected chi connectivity index (χ0v) is 16.5. The summed E-state index contributed by atoms with van der Waals surface area (Å²) in [5, 5.41) is 0. The molecule has 134 valence electrons. The van der Waals surface area contributed by atoms with Crippen molar-refractivity contribution >= 4 is 31.9 Å². The number of aryl methyl sites for hydroxylation is 1. The van der Waals surface area contributed by atoms with Crippen LogP contribution in [0.2, 0.25) is 0 Å². The Morgan fingerprint density at radius 2 is 1.88 bits per heavy atom. The number of hydrogen-bond donors (Lipinski definition) is 1. The Morgan fingerprint density at radius 3 is 2.60 bits per heavy atom. The van der Waals surface area contributed by atoms with E-state index in [1.54, 1.807) is 24.3 Å². The van der Waals surface area contributed by atoms with Crippen LogP contribution in [-0.2, 0) is 16.6 Å². The molecule has 2 heterocycles. The van der Waals surface area contributed by atoms with Gasteiger partial charge in [0.05, 0.1) is 17.1 Å². The molecule has 0 saturated carbocycles. The van der Waals surface area contributed by atoms with E-state index in [0.717, 1.165) is 31.6 Å². The molecular weight excluding hydrogens is 404 g/mol. The molecule has 1 aromatic heterocycles. The van der Waals surface area contributed by atoms with Crippen LogP contribution in [0, 0.1) is 6.92 Å². The average Bonchev–Trinajstić information content (AvgIpc) is 2.61. The van der Waals surface area contributed by atoms with Gasteiger partial charge in [0.2, 0.25) is 16.0 Å². The summed E-state index contributed by atoms with van der Waals surface area (Å²) in [6.45, 7) is 3.94. The van der Waals surface area contributed by atoms with Crippen LogP contribution >= 0.6 is 15.9 Å². The number of rotatable bonds is 5. The average molecular weight is 425 g/mol. The third-order valence-electron chi connectivity index (χ3n) is 4.10. The third-order valence-corrected chi connectivity index (χ3v) is 6.52. The molecule has 1 fully saturated rings. The van der Waals surface area contributed by atoms with Gasteiger partial charge in [0, 0.05) is 23.3 Å². The van der Waals surface area contributed by atoms with Crippen molar-refractivity contribution < 1.29 is 8.42 Å². The minimum atomic E-state index is -3.61. The summed E-state index contributed by atoms with van der Waals surface area (Å²) < 4.78 is 28.2. The molecule has 0 atom stereocenters. The van der Waals surface area contributed by atoms with E-state index in [9.17, 15) is 8.42 Å². The monoisotopic (exact) mass is 424 g/mol. The molecule has 1 aliphatic heterocycles. The molecule has 0 amide bonds. The molecule has 0 aliphatic carbocycles. The second kappa shape index (κ2) is 7.80. The minimum absolute atomic E-state index is 0.133. The van der Waals surface area contributed by atoms with E-state index < -0.39 is 10.0 Å². The Morgan fingerprint density at radius 1 is 1.16 bits per heavy atom. The van der Waals surface area contributed by atoms with Crippen LogP contribution in [0.1, 0.15) is 30.7 Å². The number of aromatic nitrogens is 2. The number of nitrogens with one attached hydrogen (secondary N) is 1. The lowest BCUT2D eigenvalue weighted by molar-refractivity contribution is 0.565. The van der Waals surface area contributed by atoms with E-state index in [2.05, 4.69) is 35.5 Å². The highest BCUT2D eigenvalue weighted by molar-refractivity contribution is 9.10. The first kappa shape index (κ1) is 18.3. The number of hydrogen-bond acceptors (Lipinski definition) is 5. The number of anilines is 1. The maximum absolute atomic E-state index is 12.5. The first-order valence-electron chi connectivity index (χ1n) is 8.29. The SMILES string of the molecule is Cc1cc(CNS(=O)(=O)c2ccccc2Br)nc(N2CCCCC2)n1. The summed E-state index contributed by atoms with van der Waals surface area (Å²) in [6, 6.07) is 8.56. The molecule has 0 spiro atoms. The summed E-state index contributed by atoms with van der Waals surface area (Å²) in [4.78, 5) is 11.4. The fourth-order valence-electron chi connectivity index (χ4n) is 2.85. The van der Waals surface area contributed by atoms with Gasteiger partial charge in [-0.15, -0.1) is 0 Å². The van der Waals surface area contributed by atoms with Gasteiger partial charge in [-0.2, -0.15) is 0 Å². The predicted molar refractivity (Wildman–Crippen MR) is 101 cm³/mol. The fourth-order valence-corrected chi connectivity index (χ4v) is 4.85. The Labute approximate surface area is 156 Å². The van der Waals surface area contributed by atoms with Gasteiger partial charge in [0.1, 0.15) is 0 Å². The van der Waals surface area contributed by atoms with E-state index in [0.29, 0.717) is 16.1 Å². The number of halogens is 1. The number of benzene rings is 1. The smallest absolute Gasteiger partial charge is 0.242 e. The predicted octanol–water partition coefficient (Wildman–Crippen LogP) is 3.02. The zero-order valence-electron chi connectivity index (χ0n) is 14.1. The van der Waals surface area contributed by atoms with Gasteiger partial charge in [-0.25, -0.2) is 23.1 Å². The molecule has 0 radical (unpaired) electrons. The molecule has 1 aliphatic rings. The summed E-state index contributed by atoms with van der Waals surface area (Å²) >= 11 is 3.28. The van der Waals surface area contributed by atoms with Crippen LogP contribution in [0.4, 0.5) is 5.95 Å². The van der Waals surface area contributed by atoms with Crippen molar-refractivity contribution in [2.24, 2.45) is 0 Å². The second-order valence-corrected chi connectivity index (χ2v) is 8.69. The highest BCUT2D eigenvalue weighted by Gasteiger charge is 2.18. The standard InChI is InChI=1S/C17H21BrN4O2S/c1-13-11-14(21-17(20-13)22-9-5-2-6-10-22)12-19-25(23,24)16-8-4-3-7-15(16)18/h3-4,7-8,11,19H,2,5-6,9-10,12H2,1H3. The summed E-state index contributed by atoms with van der Waals surface area (Å²) in [6.07, 6.45) is 3.52. The maximum atomic E-state index is 12.5. The van der Waals surface area contributed by atoms with Crippen LogP contribution in [0.15, 0.2) is 39.7 Å². The molecule has 0 unspecified atom stereocenters. The molecule has 2 aromatic rings. The van der Waals surface area contributed by atoms with Gasteiger partial charge < -0.3 is 4.90 Å². The van der Waals surface area contributed by atoms with E-state index in [1.165, 1.54) is 6.42 Å². The van der Waals surface area contributed by atoms with Gasteiger partial charge in [-0.3, -0.25) is 0 Å². The van der Waals surface area contributed by atoms with Crippen molar-refractivity contribution in [1.29, 1.82) is 0 Å². The lowest BCUT2D eigenvalue weighted by Crippen LogP contribution is -2.32. The topological polar surface area (TPSA) is 75.2 Å². The van der Waals surface area contributed by atoms with Crippen molar-refractivity contribution in [1.82, 2.24) is 14.7 Å². The quantitative estimate of drug-likeness (QED) is 0.797. The Hall–Kier alpha value is -1.51. The number of sulfonamides is 1. The van der Waals surface area contributed by atoms with Crippen LogP contribution in [-0.4, -0.2) is 31.5 Å². The van der Waals surface area contributed by atoms with Crippen LogP contribution in [0.3, 0.4) is 0 Å². The van der Waals surface area contributed by atoms with Gasteiger partial charge in [-0.05, 0) is 60.3 Å². The molecule has 25 heavy (non-hydrogen) atoms. The first-order chi connectivity index (χ1) is 12.0. The van der Waals surface area contributed by atoms with E-state index in [1.807, 2.05) is 13.0 Å². The Bertz CT molecular complexity index is 851. The van der Waals surface area contributed by atoms with E-state index in [4.69, 9.17) is 0 Å². The van der Waals surface area contributed by atoms with Crippen LogP contribution < -0.4 is 9.62 Å². The number of nitrogens with zero attached hydrogens (tertiary/aromatic N) is 3. The highest BCUT2D eigenvalue weighted by atomic mass is 79.9. The molecule has 6 nitrogen and oxygen atoms in total. The molecule has 1 aromatic carbocycles. The van der Waals surface area contributed by atoms with Crippen molar-refractivity contribution in [3.05, 3.63) is 46.2 Å². The Balaban J connectivity index is 1.77. The van der Waals surface area contributed by atoms with Crippen molar-refractivity contribution in [2.75, 3.05) is 18.0 Å². The van der Waals surface area contributed by atoms with Gasteiger partial charge in [0.15, 0.2) is 0 Å². The summed E-state index contributed by atoms with van der Waals surface area (Å²) in [5.41, 5.74) is 1.51. The van der Waals surface area contributed by atoms with Gasteiger partial charge >= 0.3 is 0 Å². The fraction of sp³-hybridized carbons (Fsp3) is 0.412. The summed E-state index contributed by atoms with van der Waals surface area (Å²) in [5.74, 6) is 0.690. The van der Waals surface area contributed by atoms with Gasteiger partial charge in [0.25, 0.3) is 0 Å². The molecular formula is C17H21BrN4O2S. The minimum Gasteiger partial charge on any atom is -0.341 e. The van der Waals surface area contributed by atoms with Crippen LogP contribution in [0.25, 0.3) is 0 Å². The van der Waals surface area contributed by atoms with Crippen LogP contribution in [0.5, 0.6) is 0 Å². The molecule has 1 saturated heterocycles. The molecule has 1 N–H and O–H groups in total. The van der Waals surface area contributed by atoms with E-state index in [-0.39, 0.29) is 11.4 Å². The normalized spacial score (nSPS) is 15.4. The second-order valence-electron chi connectivity index (χ2n) is 6.10. The first-order valence-corrected chi connectivity index (χ1v) is 10.6. The van der Waals surface area contributed by atoms with Gasteiger partial charge in [-0.1, -0.05) is 12.1 Å². The lowest BCUT2D eigenvalue weighted by atomic mass is 10.1. The molecule has 3 rings (SSSR count). The Kier molecular flexibility index (Phi) is 5.71. The van der Waals surface area contributed by atoms with Crippen molar-refractivity contribution in [2.45, 2.75) is 37.6 Å². The molecule has 8 heteroatoms. The number of piperidine rings is 1. The molecule has 0 bridgehead atoms. The summed E-state index contributed by atoms with van der Waals surface area (Å²) in [7, 11) is -3.61. The highest BCUT2D eigenvalue weighted by Crippen LogP contribution is 2.21. The van der Waals surface area contributed by atoms with Crippen molar-refractivity contribution in [3.8, 4) is 0 Å².